The Balaban J connectivity index is 1.79. The number of hydrazine groups is 1. The largest absolute Gasteiger partial charge is 0.317 e. The molecule has 2 heterocycles. The molecule has 0 radical (unpaired) electrons. The smallest absolute Gasteiger partial charge is 0.245 e. The Morgan fingerprint density at radius 3 is 2.29 bits per heavy atom. The van der Waals surface area contributed by atoms with E-state index in [1.165, 1.54) is 0 Å². The van der Waals surface area contributed by atoms with Crippen LogP contribution in [0, 0.1) is 0 Å². The molecule has 1 aromatic carbocycles. The first-order valence-corrected chi connectivity index (χ1v) is 7.84. The molecule has 2 aliphatic heterocycles. The van der Waals surface area contributed by atoms with Gasteiger partial charge in [0.05, 0.1) is 5.41 Å². The van der Waals surface area contributed by atoms with Gasteiger partial charge in [-0.15, -0.1) is 0 Å². The van der Waals surface area contributed by atoms with Gasteiger partial charge < -0.3 is 10.6 Å². The average molecular weight is 288 g/mol. The highest BCUT2D eigenvalue weighted by molar-refractivity contribution is 5.88. The van der Waals surface area contributed by atoms with Crippen molar-refractivity contribution >= 4 is 5.91 Å². The summed E-state index contributed by atoms with van der Waals surface area (Å²) in [5.74, 6) is 0.150. The van der Waals surface area contributed by atoms with E-state index in [1.807, 2.05) is 23.2 Å². The standard InChI is InChI=1S/C16H24N4O/c21-15(19-20-12-10-18-11-13-20)16(6-8-17-9-7-16)14-4-2-1-3-5-14/h1-5,17-18H,6-13H2,(H,19,21). The molecule has 1 amide bonds. The highest BCUT2D eigenvalue weighted by Crippen LogP contribution is 2.33. The summed E-state index contributed by atoms with van der Waals surface area (Å²) in [4.78, 5) is 13.0. The molecule has 0 atom stereocenters. The van der Waals surface area contributed by atoms with Gasteiger partial charge in [0.25, 0.3) is 0 Å². The summed E-state index contributed by atoms with van der Waals surface area (Å²) in [6.45, 7) is 5.39. The molecule has 1 aromatic rings. The number of nitrogens with zero attached hydrogens (tertiary/aromatic N) is 1. The Morgan fingerprint density at radius 1 is 1.00 bits per heavy atom. The molecular formula is C16H24N4O. The summed E-state index contributed by atoms with van der Waals surface area (Å²) in [5.41, 5.74) is 3.90. The van der Waals surface area contributed by atoms with Crippen LogP contribution in [0.5, 0.6) is 0 Å². The molecule has 5 heteroatoms. The lowest BCUT2D eigenvalue weighted by Gasteiger charge is -2.39. The predicted octanol–water partition coefficient (Wildman–Crippen LogP) is 0.244. The predicted molar refractivity (Wildman–Crippen MR) is 82.8 cm³/mol. The van der Waals surface area contributed by atoms with Crippen LogP contribution in [-0.4, -0.2) is 50.2 Å². The molecule has 5 nitrogen and oxygen atoms in total. The monoisotopic (exact) mass is 288 g/mol. The van der Waals surface area contributed by atoms with Crippen molar-refractivity contribution in [3.8, 4) is 0 Å². The number of hydrogen-bond donors (Lipinski definition) is 3. The lowest BCUT2D eigenvalue weighted by atomic mass is 9.72. The zero-order valence-corrected chi connectivity index (χ0v) is 12.4. The third-order valence-electron chi connectivity index (χ3n) is 4.59. The molecule has 2 saturated heterocycles. The van der Waals surface area contributed by atoms with Gasteiger partial charge in [-0.05, 0) is 31.5 Å². The molecule has 2 fully saturated rings. The Bertz CT molecular complexity index is 464. The van der Waals surface area contributed by atoms with E-state index in [0.29, 0.717) is 0 Å². The normalized spacial score (nSPS) is 22.7. The molecule has 0 unspecified atom stereocenters. The van der Waals surface area contributed by atoms with Crippen molar-refractivity contribution in [2.24, 2.45) is 0 Å². The molecule has 114 valence electrons. The van der Waals surface area contributed by atoms with Crippen LogP contribution in [0.3, 0.4) is 0 Å². The second-order valence-electron chi connectivity index (χ2n) is 5.88. The molecule has 0 aliphatic carbocycles. The maximum absolute atomic E-state index is 13.0. The first kappa shape index (κ1) is 14.5. The molecular weight excluding hydrogens is 264 g/mol. The Morgan fingerprint density at radius 2 is 1.62 bits per heavy atom. The highest BCUT2D eigenvalue weighted by atomic mass is 16.2. The third kappa shape index (κ3) is 3.10. The summed E-state index contributed by atoms with van der Waals surface area (Å²) in [7, 11) is 0. The minimum Gasteiger partial charge on any atom is -0.317 e. The summed E-state index contributed by atoms with van der Waals surface area (Å²) in [6.07, 6.45) is 1.71. The van der Waals surface area contributed by atoms with Crippen LogP contribution in [0.25, 0.3) is 0 Å². The van der Waals surface area contributed by atoms with E-state index in [9.17, 15) is 4.79 Å². The van der Waals surface area contributed by atoms with Gasteiger partial charge in [-0.2, -0.15) is 0 Å². The molecule has 0 spiro atoms. The summed E-state index contributed by atoms with van der Waals surface area (Å²) < 4.78 is 0. The minimum atomic E-state index is -0.391. The zero-order chi connectivity index (χ0) is 14.5. The first-order chi connectivity index (χ1) is 10.3. The van der Waals surface area contributed by atoms with Crippen molar-refractivity contribution in [2.45, 2.75) is 18.3 Å². The van der Waals surface area contributed by atoms with Crippen LogP contribution in [0.1, 0.15) is 18.4 Å². The number of hydrogen-bond acceptors (Lipinski definition) is 4. The van der Waals surface area contributed by atoms with Gasteiger partial charge in [0.2, 0.25) is 5.91 Å². The fourth-order valence-electron chi connectivity index (χ4n) is 3.28. The average Bonchev–Trinajstić information content (AvgIpc) is 2.57. The summed E-state index contributed by atoms with van der Waals surface area (Å²) in [5, 5.41) is 8.72. The van der Waals surface area contributed by atoms with E-state index in [2.05, 4.69) is 28.2 Å². The lowest BCUT2D eigenvalue weighted by molar-refractivity contribution is -0.133. The van der Waals surface area contributed by atoms with Crippen molar-refractivity contribution in [3.05, 3.63) is 35.9 Å². The number of carbonyl (C=O) groups excluding carboxylic acids is 1. The fraction of sp³-hybridized carbons (Fsp3) is 0.562. The quantitative estimate of drug-likeness (QED) is 0.746. The number of piperazine rings is 1. The Hall–Kier alpha value is -1.43. The number of nitrogens with one attached hydrogen (secondary N) is 3. The van der Waals surface area contributed by atoms with Crippen LogP contribution in [0.4, 0.5) is 0 Å². The van der Waals surface area contributed by atoms with Gasteiger partial charge in [-0.3, -0.25) is 10.2 Å². The van der Waals surface area contributed by atoms with E-state index in [-0.39, 0.29) is 5.91 Å². The fourth-order valence-corrected chi connectivity index (χ4v) is 3.28. The summed E-state index contributed by atoms with van der Waals surface area (Å²) in [6, 6.07) is 10.2. The van der Waals surface area contributed by atoms with Gasteiger partial charge in [-0.1, -0.05) is 30.3 Å². The summed E-state index contributed by atoms with van der Waals surface area (Å²) >= 11 is 0. The molecule has 0 aromatic heterocycles. The van der Waals surface area contributed by atoms with Crippen LogP contribution >= 0.6 is 0 Å². The van der Waals surface area contributed by atoms with Crippen molar-refractivity contribution < 1.29 is 4.79 Å². The number of amides is 1. The van der Waals surface area contributed by atoms with E-state index in [1.54, 1.807) is 0 Å². The van der Waals surface area contributed by atoms with Crippen molar-refractivity contribution in [2.75, 3.05) is 39.3 Å². The van der Waals surface area contributed by atoms with Gasteiger partial charge in [0, 0.05) is 26.2 Å². The highest BCUT2D eigenvalue weighted by Gasteiger charge is 2.41. The Labute approximate surface area is 126 Å². The zero-order valence-electron chi connectivity index (χ0n) is 12.4. The topological polar surface area (TPSA) is 56.4 Å². The number of piperidine rings is 1. The molecule has 2 aliphatic rings. The van der Waals surface area contributed by atoms with Crippen molar-refractivity contribution in [1.29, 1.82) is 0 Å². The van der Waals surface area contributed by atoms with Gasteiger partial charge >= 0.3 is 0 Å². The number of rotatable bonds is 3. The molecule has 3 rings (SSSR count). The maximum Gasteiger partial charge on any atom is 0.245 e. The lowest BCUT2D eigenvalue weighted by Crippen LogP contribution is -2.58. The van der Waals surface area contributed by atoms with Gasteiger partial charge in [0.1, 0.15) is 0 Å². The van der Waals surface area contributed by atoms with Gasteiger partial charge in [0.15, 0.2) is 0 Å². The molecule has 3 N–H and O–H groups in total. The SMILES string of the molecule is O=C(NN1CCNCC1)C1(c2ccccc2)CCNCC1. The van der Waals surface area contributed by atoms with Crippen LogP contribution in [0.15, 0.2) is 30.3 Å². The third-order valence-corrected chi connectivity index (χ3v) is 4.59. The van der Waals surface area contributed by atoms with Crippen molar-refractivity contribution in [1.82, 2.24) is 21.1 Å². The number of carbonyl (C=O) groups is 1. The molecule has 0 bridgehead atoms. The van der Waals surface area contributed by atoms with Crippen LogP contribution in [0.2, 0.25) is 0 Å². The first-order valence-electron chi connectivity index (χ1n) is 7.84. The second kappa shape index (κ2) is 6.56. The van der Waals surface area contributed by atoms with E-state index in [0.717, 1.165) is 57.7 Å². The van der Waals surface area contributed by atoms with E-state index < -0.39 is 5.41 Å². The Kier molecular flexibility index (Phi) is 4.53. The molecule has 0 saturated carbocycles. The van der Waals surface area contributed by atoms with Gasteiger partial charge in [-0.25, -0.2) is 5.01 Å². The minimum absolute atomic E-state index is 0.150. The van der Waals surface area contributed by atoms with Crippen LogP contribution in [-0.2, 0) is 10.2 Å². The van der Waals surface area contributed by atoms with Crippen LogP contribution < -0.4 is 16.1 Å². The van der Waals surface area contributed by atoms with Crippen molar-refractivity contribution in [3.63, 3.8) is 0 Å². The maximum atomic E-state index is 13.0. The van der Waals surface area contributed by atoms with E-state index in [4.69, 9.17) is 0 Å². The van der Waals surface area contributed by atoms with E-state index >= 15 is 0 Å². The number of benzene rings is 1. The second-order valence-corrected chi connectivity index (χ2v) is 5.88. The molecule has 21 heavy (non-hydrogen) atoms.